The molecule has 2 N–H and O–H groups in total. The molecule has 1 aliphatic rings. The molecular weight excluding hydrogens is 268 g/mol. The molecule has 112 valence electrons. The molecule has 0 unspecified atom stereocenters. The van der Waals surface area contributed by atoms with E-state index in [0.717, 1.165) is 31.2 Å². The van der Waals surface area contributed by atoms with Crippen LogP contribution in [0.3, 0.4) is 0 Å². The lowest BCUT2D eigenvalue weighted by Gasteiger charge is -2.26. The molecule has 1 fully saturated rings. The highest BCUT2D eigenvalue weighted by Crippen LogP contribution is 2.32. The second-order valence-electron chi connectivity index (χ2n) is 6.27. The van der Waals surface area contributed by atoms with Crippen LogP contribution in [0.4, 0.5) is 0 Å². The fraction of sp³-hybridized carbons (Fsp3) is 0.471. The highest BCUT2D eigenvalue weighted by atomic mass is 16.4. The van der Waals surface area contributed by atoms with Gasteiger partial charge in [-0.1, -0.05) is 19.8 Å². The van der Waals surface area contributed by atoms with E-state index in [4.69, 9.17) is 4.42 Å². The van der Waals surface area contributed by atoms with E-state index < -0.39 is 5.63 Å². The highest BCUT2D eigenvalue weighted by Gasteiger charge is 2.21. The lowest BCUT2D eigenvalue weighted by Crippen LogP contribution is -2.16. The third-order valence-electron chi connectivity index (χ3n) is 4.41. The summed E-state index contributed by atoms with van der Waals surface area (Å²) in [6, 6.07) is 4.40. The summed E-state index contributed by atoms with van der Waals surface area (Å²) in [6.07, 6.45) is 5.57. The fourth-order valence-electron chi connectivity index (χ4n) is 3.47. The summed E-state index contributed by atoms with van der Waals surface area (Å²) >= 11 is 0. The van der Waals surface area contributed by atoms with Gasteiger partial charge in [0.15, 0.2) is 0 Å². The van der Waals surface area contributed by atoms with E-state index in [-0.39, 0.29) is 16.9 Å². The Morgan fingerprint density at radius 3 is 2.81 bits per heavy atom. The Morgan fingerprint density at radius 1 is 1.24 bits per heavy atom. The standard InChI is InChI=1S/C17H20O4/c1-10-3-2-4-11(5-10)6-14-8-12-7-13(18)9-15(19)16(12)17(20)21-14/h7-11,18-19H,2-6H2,1H3/t10-,11-/m0/s1. The normalized spacial score (nSPS) is 22.5. The average Bonchev–Trinajstić information content (AvgIpc) is 2.37. The van der Waals surface area contributed by atoms with E-state index in [1.54, 1.807) is 6.07 Å². The maximum Gasteiger partial charge on any atom is 0.347 e. The molecule has 4 heteroatoms. The van der Waals surface area contributed by atoms with Gasteiger partial charge in [-0.2, -0.15) is 0 Å². The van der Waals surface area contributed by atoms with Crippen LogP contribution in [0.1, 0.15) is 38.4 Å². The molecule has 1 aromatic carbocycles. The second kappa shape index (κ2) is 5.43. The van der Waals surface area contributed by atoms with Crippen molar-refractivity contribution in [2.75, 3.05) is 0 Å². The van der Waals surface area contributed by atoms with Crippen molar-refractivity contribution in [3.63, 3.8) is 0 Å². The van der Waals surface area contributed by atoms with Gasteiger partial charge in [0.2, 0.25) is 0 Å². The molecule has 1 aromatic heterocycles. The van der Waals surface area contributed by atoms with E-state index in [0.29, 0.717) is 17.1 Å². The van der Waals surface area contributed by atoms with E-state index in [1.807, 2.05) is 0 Å². The van der Waals surface area contributed by atoms with Crippen LogP contribution in [-0.2, 0) is 6.42 Å². The molecular formula is C17H20O4. The van der Waals surface area contributed by atoms with E-state index in [2.05, 4.69) is 6.92 Å². The van der Waals surface area contributed by atoms with Crippen LogP contribution < -0.4 is 5.63 Å². The van der Waals surface area contributed by atoms with Crippen molar-refractivity contribution in [1.29, 1.82) is 0 Å². The van der Waals surface area contributed by atoms with Crippen molar-refractivity contribution < 1.29 is 14.6 Å². The Balaban J connectivity index is 1.95. The Bertz CT molecular complexity index is 717. The average molecular weight is 288 g/mol. The third kappa shape index (κ3) is 2.89. The van der Waals surface area contributed by atoms with Gasteiger partial charge in [-0.05, 0) is 42.2 Å². The first-order chi connectivity index (χ1) is 10.0. The summed E-state index contributed by atoms with van der Waals surface area (Å²) < 4.78 is 5.35. The van der Waals surface area contributed by atoms with Gasteiger partial charge in [-0.15, -0.1) is 0 Å². The van der Waals surface area contributed by atoms with Crippen molar-refractivity contribution in [2.45, 2.75) is 39.0 Å². The van der Waals surface area contributed by atoms with E-state index >= 15 is 0 Å². The maximum atomic E-state index is 12.0. The zero-order valence-electron chi connectivity index (χ0n) is 12.1. The predicted molar refractivity (Wildman–Crippen MR) is 80.6 cm³/mol. The largest absolute Gasteiger partial charge is 0.508 e. The van der Waals surface area contributed by atoms with Crippen LogP contribution in [0.25, 0.3) is 10.8 Å². The highest BCUT2D eigenvalue weighted by molar-refractivity contribution is 5.88. The molecule has 0 radical (unpaired) electrons. The molecule has 2 aromatic rings. The number of rotatable bonds is 2. The van der Waals surface area contributed by atoms with Gasteiger partial charge in [0, 0.05) is 12.5 Å². The predicted octanol–water partition coefficient (Wildman–Crippen LogP) is 3.57. The number of fused-ring (bicyclic) bond motifs is 1. The van der Waals surface area contributed by atoms with Crippen molar-refractivity contribution in [3.05, 3.63) is 34.4 Å². The van der Waals surface area contributed by atoms with Gasteiger partial charge in [0.25, 0.3) is 0 Å². The van der Waals surface area contributed by atoms with E-state index in [9.17, 15) is 15.0 Å². The number of aromatic hydroxyl groups is 2. The van der Waals surface area contributed by atoms with Crippen LogP contribution in [0, 0.1) is 11.8 Å². The van der Waals surface area contributed by atoms with Crippen LogP contribution in [0.2, 0.25) is 0 Å². The van der Waals surface area contributed by atoms with Crippen LogP contribution in [0.5, 0.6) is 11.5 Å². The van der Waals surface area contributed by atoms with Crippen LogP contribution in [-0.4, -0.2) is 10.2 Å². The first-order valence-corrected chi connectivity index (χ1v) is 7.51. The Kier molecular flexibility index (Phi) is 3.62. The maximum absolute atomic E-state index is 12.0. The van der Waals surface area contributed by atoms with Gasteiger partial charge >= 0.3 is 5.63 Å². The minimum atomic E-state index is -0.538. The summed E-state index contributed by atoms with van der Waals surface area (Å²) in [5, 5.41) is 20.0. The van der Waals surface area contributed by atoms with Crippen LogP contribution >= 0.6 is 0 Å². The molecule has 0 bridgehead atoms. The Hall–Kier alpha value is -1.97. The van der Waals surface area contributed by atoms with Gasteiger partial charge in [-0.3, -0.25) is 0 Å². The molecule has 4 nitrogen and oxygen atoms in total. The lowest BCUT2D eigenvalue weighted by atomic mass is 9.80. The molecule has 0 amide bonds. The summed E-state index contributed by atoms with van der Waals surface area (Å²) in [4.78, 5) is 12.0. The van der Waals surface area contributed by atoms with Crippen molar-refractivity contribution in [2.24, 2.45) is 11.8 Å². The summed E-state index contributed by atoms with van der Waals surface area (Å²) in [5.74, 6) is 1.61. The quantitative estimate of drug-likeness (QED) is 0.886. The molecule has 0 aliphatic heterocycles. The first kappa shape index (κ1) is 14.0. The molecule has 3 rings (SSSR count). The molecule has 0 saturated heterocycles. The van der Waals surface area contributed by atoms with E-state index in [1.165, 1.54) is 18.9 Å². The van der Waals surface area contributed by atoms with Crippen molar-refractivity contribution >= 4 is 10.8 Å². The van der Waals surface area contributed by atoms with Crippen molar-refractivity contribution in [1.82, 2.24) is 0 Å². The number of phenols is 2. The Labute approximate surface area is 123 Å². The zero-order valence-corrected chi connectivity index (χ0v) is 12.1. The molecule has 2 atom stereocenters. The SMILES string of the molecule is C[C@H]1CCC[C@H](Cc2cc3cc(O)cc(O)c3c(=O)o2)C1. The molecule has 1 heterocycles. The summed E-state index contributed by atoms with van der Waals surface area (Å²) in [7, 11) is 0. The number of benzene rings is 1. The molecule has 1 aliphatic carbocycles. The lowest BCUT2D eigenvalue weighted by molar-refractivity contribution is 0.267. The number of phenolic OH excluding ortho intramolecular Hbond substituents is 2. The molecule has 21 heavy (non-hydrogen) atoms. The minimum Gasteiger partial charge on any atom is -0.508 e. The van der Waals surface area contributed by atoms with Crippen LogP contribution in [0.15, 0.2) is 27.4 Å². The smallest absolute Gasteiger partial charge is 0.347 e. The Morgan fingerprint density at radius 2 is 2.05 bits per heavy atom. The summed E-state index contributed by atoms with van der Waals surface area (Å²) in [5.41, 5.74) is -0.538. The number of hydrogen-bond acceptors (Lipinski definition) is 4. The third-order valence-corrected chi connectivity index (χ3v) is 4.41. The van der Waals surface area contributed by atoms with Gasteiger partial charge in [0.1, 0.15) is 22.6 Å². The molecule has 0 spiro atoms. The van der Waals surface area contributed by atoms with Gasteiger partial charge in [0.05, 0.1) is 0 Å². The fourth-order valence-corrected chi connectivity index (χ4v) is 3.47. The van der Waals surface area contributed by atoms with Gasteiger partial charge < -0.3 is 14.6 Å². The topological polar surface area (TPSA) is 70.7 Å². The monoisotopic (exact) mass is 288 g/mol. The molecule has 1 saturated carbocycles. The van der Waals surface area contributed by atoms with Crippen molar-refractivity contribution in [3.8, 4) is 11.5 Å². The minimum absolute atomic E-state index is 0.0529. The number of hydrogen-bond donors (Lipinski definition) is 2. The summed E-state index contributed by atoms with van der Waals surface area (Å²) in [6.45, 7) is 2.26. The zero-order chi connectivity index (χ0) is 15.0. The van der Waals surface area contributed by atoms with Gasteiger partial charge in [-0.25, -0.2) is 4.79 Å². The first-order valence-electron chi connectivity index (χ1n) is 7.51. The second-order valence-corrected chi connectivity index (χ2v) is 6.27.